The summed E-state index contributed by atoms with van der Waals surface area (Å²) >= 11 is 0. The molecule has 4 aromatic rings. The summed E-state index contributed by atoms with van der Waals surface area (Å²) in [5, 5.41) is 7.28. The van der Waals surface area contributed by atoms with Crippen molar-refractivity contribution in [1.29, 1.82) is 0 Å². The number of amides is 1. The molecular formula is C26H23N3O5. The van der Waals surface area contributed by atoms with Gasteiger partial charge in [-0.05, 0) is 49.4 Å². The quantitative estimate of drug-likeness (QED) is 0.306. The third-order valence-electron chi connectivity index (χ3n) is 4.86. The normalized spacial score (nSPS) is 10.9. The maximum atomic E-state index is 12.3. The van der Waals surface area contributed by atoms with Crippen LogP contribution in [-0.2, 0) is 14.3 Å². The average molecular weight is 457 g/mol. The van der Waals surface area contributed by atoms with E-state index in [1.165, 1.54) is 13.2 Å². The molecule has 0 aliphatic carbocycles. The molecule has 1 amide bonds. The number of para-hydroxylation sites is 3. The lowest BCUT2D eigenvalue weighted by molar-refractivity contribution is -0.142. The van der Waals surface area contributed by atoms with E-state index in [1.807, 2.05) is 49.4 Å². The Balaban J connectivity index is 1.45. The summed E-state index contributed by atoms with van der Waals surface area (Å²) in [6.45, 7) is 1.41. The van der Waals surface area contributed by atoms with Crippen LogP contribution in [0.15, 0.2) is 83.4 Å². The molecule has 0 atom stereocenters. The zero-order valence-corrected chi connectivity index (χ0v) is 18.7. The van der Waals surface area contributed by atoms with Gasteiger partial charge in [0, 0.05) is 17.8 Å². The Labute approximate surface area is 196 Å². The molecule has 172 valence electrons. The van der Waals surface area contributed by atoms with Crippen molar-refractivity contribution < 1.29 is 23.5 Å². The van der Waals surface area contributed by atoms with E-state index in [2.05, 4.69) is 10.4 Å². The molecule has 4 rings (SSSR count). The van der Waals surface area contributed by atoms with Gasteiger partial charge < -0.3 is 19.2 Å². The fourth-order valence-electron chi connectivity index (χ4n) is 3.25. The molecule has 2 aromatic carbocycles. The van der Waals surface area contributed by atoms with E-state index in [-0.39, 0.29) is 0 Å². The van der Waals surface area contributed by atoms with Gasteiger partial charge in [0.1, 0.15) is 17.2 Å². The van der Waals surface area contributed by atoms with E-state index in [0.717, 1.165) is 11.4 Å². The van der Waals surface area contributed by atoms with Crippen LogP contribution >= 0.6 is 0 Å². The number of methoxy groups -OCH3 is 1. The Morgan fingerprint density at radius 2 is 1.82 bits per heavy atom. The number of carbonyl (C=O) groups excluding carboxylic acids is 2. The smallest absolute Gasteiger partial charge is 0.331 e. The van der Waals surface area contributed by atoms with Gasteiger partial charge in [0.25, 0.3) is 5.91 Å². The number of rotatable bonds is 8. The lowest BCUT2D eigenvalue weighted by Crippen LogP contribution is -2.20. The minimum Gasteiger partial charge on any atom is -0.495 e. The summed E-state index contributed by atoms with van der Waals surface area (Å²) in [7, 11) is 1.51. The largest absolute Gasteiger partial charge is 0.495 e. The molecule has 0 unspecified atom stereocenters. The van der Waals surface area contributed by atoms with Crippen molar-refractivity contribution >= 4 is 23.6 Å². The number of esters is 1. The van der Waals surface area contributed by atoms with E-state index in [1.54, 1.807) is 41.2 Å². The molecule has 0 aliphatic heterocycles. The van der Waals surface area contributed by atoms with E-state index < -0.39 is 18.5 Å². The van der Waals surface area contributed by atoms with Crippen molar-refractivity contribution in [2.45, 2.75) is 6.92 Å². The molecular weight excluding hydrogens is 434 g/mol. The lowest BCUT2D eigenvalue weighted by atomic mass is 10.2. The van der Waals surface area contributed by atoms with Crippen molar-refractivity contribution in [1.82, 2.24) is 9.78 Å². The second kappa shape index (κ2) is 10.4. The highest BCUT2D eigenvalue weighted by atomic mass is 16.5. The first-order valence-corrected chi connectivity index (χ1v) is 10.5. The molecule has 2 heterocycles. The maximum absolute atomic E-state index is 12.3. The van der Waals surface area contributed by atoms with Gasteiger partial charge in [-0.2, -0.15) is 5.10 Å². The van der Waals surface area contributed by atoms with Crippen molar-refractivity contribution in [3.8, 4) is 22.9 Å². The summed E-state index contributed by atoms with van der Waals surface area (Å²) in [5.41, 5.74) is 2.60. The Hall–Kier alpha value is -4.59. The lowest BCUT2D eigenvalue weighted by Gasteiger charge is -2.09. The topological polar surface area (TPSA) is 95.6 Å². The second-order valence-electron chi connectivity index (χ2n) is 7.31. The second-order valence-corrected chi connectivity index (χ2v) is 7.31. The van der Waals surface area contributed by atoms with Crippen LogP contribution < -0.4 is 10.1 Å². The monoisotopic (exact) mass is 457 g/mol. The van der Waals surface area contributed by atoms with Gasteiger partial charge in [0.05, 0.1) is 18.5 Å². The number of nitrogens with zero attached hydrogens (tertiary/aromatic N) is 2. The summed E-state index contributed by atoms with van der Waals surface area (Å²) in [6.07, 6.45) is 4.63. The fourth-order valence-corrected chi connectivity index (χ4v) is 3.25. The predicted molar refractivity (Wildman–Crippen MR) is 128 cm³/mol. The van der Waals surface area contributed by atoms with E-state index in [0.29, 0.717) is 28.5 Å². The standard InChI is InChI=1S/C26H23N3O5/c1-18-12-14-23(34-18)26-19(16-29(28-26)20-8-4-3-5-9-20)13-15-25(31)33-17-24(30)27-21-10-6-7-11-22(21)32-2/h3-16H,17H2,1-2H3,(H,27,30)/b15-13+. The number of aromatic nitrogens is 2. The summed E-state index contributed by atoms with van der Waals surface area (Å²) in [5.74, 6) is 0.702. The molecule has 8 heteroatoms. The molecule has 1 N–H and O–H groups in total. The van der Waals surface area contributed by atoms with Gasteiger partial charge in [-0.3, -0.25) is 4.79 Å². The molecule has 0 bridgehead atoms. The number of ether oxygens (including phenoxy) is 2. The molecule has 0 saturated heterocycles. The molecule has 0 fully saturated rings. The number of hydrogen-bond acceptors (Lipinski definition) is 6. The average Bonchev–Trinajstić information content (AvgIpc) is 3.48. The minimum absolute atomic E-state index is 0.436. The molecule has 34 heavy (non-hydrogen) atoms. The number of anilines is 1. The van der Waals surface area contributed by atoms with Crippen molar-refractivity contribution in [3.63, 3.8) is 0 Å². The first-order valence-electron chi connectivity index (χ1n) is 10.5. The van der Waals surface area contributed by atoms with Gasteiger partial charge in [-0.1, -0.05) is 30.3 Å². The predicted octanol–water partition coefficient (Wildman–Crippen LogP) is 4.64. The number of aryl methyl sites for hydroxylation is 1. The minimum atomic E-state index is -0.663. The van der Waals surface area contributed by atoms with Crippen LogP contribution in [0.3, 0.4) is 0 Å². The first kappa shape index (κ1) is 22.6. The molecule has 0 saturated carbocycles. The molecule has 0 spiro atoms. The van der Waals surface area contributed by atoms with Crippen LogP contribution in [0.25, 0.3) is 23.2 Å². The third kappa shape index (κ3) is 5.42. The first-order chi connectivity index (χ1) is 16.5. The Morgan fingerprint density at radius 3 is 2.56 bits per heavy atom. The molecule has 0 radical (unpaired) electrons. The van der Waals surface area contributed by atoms with E-state index in [4.69, 9.17) is 13.9 Å². The molecule has 2 aromatic heterocycles. The number of furan rings is 1. The van der Waals surface area contributed by atoms with Crippen LogP contribution in [0.2, 0.25) is 0 Å². The third-order valence-corrected chi connectivity index (χ3v) is 4.86. The zero-order chi connectivity index (χ0) is 23.9. The van der Waals surface area contributed by atoms with E-state index in [9.17, 15) is 9.59 Å². The van der Waals surface area contributed by atoms with Gasteiger partial charge in [0.15, 0.2) is 12.4 Å². The van der Waals surface area contributed by atoms with Crippen LogP contribution in [0.1, 0.15) is 11.3 Å². The van der Waals surface area contributed by atoms with Crippen molar-refractivity contribution in [3.05, 3.63) is 90.3 Å². The Bertz CT molecular complexity index is 1320. The highest BCUT2D eigenvalue weighted by Crippen LogP contribution is 2.27. The summed E-state index contributed by atoms with van der Waals surface area (Å²) in [4.78, 5) is 24.4. The van der Waals surface area contributed by atoms with Crippen LogP contribution in [0.5, 0.6) is 5.75 Å². The van der Waals surface area contributed by atoms with Crippen molar-refractivity contribution in [2.24, 2.45) is 0 Å². The fraction of sp³-hybridized carbons (Fsp3) is 0.115. The van der Waals surface area contributed by atoms with Gasteiger partial charge in [-0.15, -0.1) is 0 Å². The molecule has 8 nitrogen and oxygen atoms in total. The number of carbonyl (C=O) groups is 2. The van der Waals surface area contributed by atoms with Gasteiger partial charge in [0.2, 0.25) is 0 Å². The van der Waals surface area contributed by atoms with Crippen LogP contribution in [0, 0.1) is 6.92 Å². The van der Waals surface area contributed by atoms with Crippen LogP contribution in [-0.4, -0.2) is 35.4 Å². The SMILES string of the molecule is COc1ccccc1NC(=O)COC(=O)/C=C/c1cn(-c2ccccc2)nc1-c1ccc(C)o1. The summed E-state index contributed by atoms with van der Waals surface area (Å²) in [6, 6.07) is 20.2. The Morgan fingerprint density at radius 1 is 1.06 bits per heavy atom. The zero-order valence-electron chi connectivity index (χ0n) is 18.7. The van der Waals surface area contributed by atoms with Crippen LogP contribution in [0.4, 0.5) is 5.69 Å². The number of benzene rings is 2. The summed E-state index contributed by atoms with van der Waals surface area (Å²) < 4.78 is 17.7. The van der Waals surface area contributed by atoms with Gasteiger partial charge >= 0.3 is 5.97 Å². The number of nitrogens with one attached hydrogen (secondary N) is 1. The highest BCUT2D eigenvalue weighted by Gasteiger charge is 2.14. The van der Waals surface area contributed by atoms with E-state index >= 15 is 0 Å². The van der Waals surface area contributed by atoms with Gasteiger partial charge in [-0.25, -0.2) is 9.48 Å². The van der Waals surface area contributed by atoms with Crippen molar-refractivity contribution in [2.75, 3.05) is 19.0 Å². The highest BCUT2D eigenvalue weighted by molar-refractivity contribution is 5.95. The Kier molecular flexibility index (Phi) is 6.88. The number of hydrogen-bond donors (Lipinski definition) is 1. The molecule has 0 aliphatic rings. The maximum Gasteiger partial charge on any atom is 0.331 e.